The SMILES string of the molecule is Cc1ccc(=O)n(CCN2CCN(c3nccnc3C)CC2)n1. The van der Waals surface area contributed by atoms with Crippen LogP contribution >= 0.6 is 0 Å². The first-order valence-electron chi connectivity index (χ1n) is 7.93. The molecule has 0 aromatic carbocycles. The Hall–Kier alpha value is -2.28. The molecule has 0 saturated carbocycles. The van der Waals surface area contributed by atoms with Gasteiger partial charge in [-0.3, -0.25) is 14.7 Å². The summed E-state index contributed by atoms with van der Waals surface area (Å²) >= 11 is 0. The van der Waals surface area contributed by atoms with Gasteiger partial charge in [-0.1, -0.05) is 0 Å². The van der Waals surface area contributed by atoms with Gasteiger partial charge in [0, 0.05) is 51.2 Å². The van der Waals surface area contributed by atoms with Crippen LogP contribution in [0.2, 0.25) is 0 Å². The number of hydrogen-bond acceptors (Lipinski definition) is 6. The van der Waals surface area contributed by atoms with E-state index in [2.05, 4.69) is 24.9 Å². The molecule has 2 aromatic rings. The molecule has 23 heavy (non-hydrogen) atoms. The van der Waals surface area contributed by atoms with Gasteiger partial charge in [0.15, 0.2) is 0 Å². The molecule has 0 amide bonds. The van der Waals surface area contributed by atoms with Crippen molar-refractivity contribution in [1.82, 2.24) is 24.6 Å². The van der Waals surface area contributed by atoms with Crippen LogP contribution in [0.1, 0.15) is 11.4 Å². The molecule has 0 unspecified atom stereocenters. The van der Waals surface area contributed by atoms with Crippen molar-refractivity contribution in [2.75, 3.05) is 37.6 Å². The summed E-state index contributed by atoms with van der Waals surface area (Å²) in [4.78, 5) is 25.1. The number of aromatic nitrogens is 4. The second-order valence-electron chi connectivity index (χ2n) is 5.83. The van der Waals surface area contributed by atoms with Gasteiger partial charge in [-0.25, -0.2) is 9.67 Å². The molecule has 1 aliphatic rings. The lowest BCUT2D eigenvalue weighted by atomic mass is 10.3. The summed E-state index contributed by atoms with van der Waals surface area (Å²) in [6, 6.07) is 3.33. The molecule has 1 saturated heterocycles. The second kappa shape index (κ2) is 6.87. The number of aryl methyl sites for hydroxylation is 2. The number of nitrogens with zero attached hydrogens (tertiary/aromatic N) is 6. The van der Waals surface area contributed by atoms with E-state index < -0.39 is 0 Å². The average Bonchev–Trinajstić information content (AvgIpc) is 2.57. The Morgan fingerprint density at radius 2 is 1.74 bits per heavy atom. The summed E-state index contributed by atoms with van der Waals surface area (Å²) < 4.78 is 1.55. The highest BCUT2D eigenvalue weighted by Gasteiger charge is 2.19. The van der Waals surface area contributed by atoms with Crippen molar-refractivity contribution in [3.8, 4) is 0 Å². The number of piperazine rings is 1. The Balaban J connectivity index is 1.54. The third-order valence-corrected chi connectivity index (χ3v) is 4.16. The fourth-order valence-corrected chi connectivity index (χ4v) is 2.84. The Labute approximate surface area is 135 Å². The molecule has 0 N–H and O–H groups in total. The van der Waals surface area contributed by atoms with Crippen molar-refractivity contribution in [3.05, 3.63) is 46.3 Å². The Morgan fingerprint density at radius 3 is 2.48 bits per heavy atom. The Morgan fingerprint density at radius 1 is 1.00 bits per heavy atom. The van der Waals surface area contributed by atoms with Gasteiger partial charge in [0.1, 0.15) is 5.82 Å². The van der Waals surface area contributed by atoms with Crippen LogP contribution in [0.15, 0.2) is 29.3 Å². The quantitative estimate of drug-likeness (QED) is 0.817. The zero-order valence-corrected chi connectivity index (χ0v) is 13.6. The van der Waals surface area contributed by atoms with E-state index in [0.717, 1.165) is 49.9 Å². The zero-order chi connectivity index (χ0) is 16.2. The van der Waals surface area contributed by atoms with Crippen LogP contribution in [-0.4, -0.2) is 57.4 Å². The smallest absolute Gasteiger partial charge is 0.266 e. The molecule has 7 heteroatoms. The van der Waals surface area contributed by atoms with E-state index in [4.69, 9.17) is 0 Å². The highest BCUT2D eigenvalue weighted by Crippen LogP contribution is 2.15. The first-order valence-corrected chi connectivity index (χ1v) is 7.93. The Bertz CT molecular complexity index is 721. The van der Waals surface area contributed by atoms with E-state index in [0.29, 0.717) is 6.54 Å². The van der Waals surface area contributed by atoms with Gasteiger partial charge >= 0.3 is 0 Å². The summed E-state index contributed by atoms with van der Waals surface area (Å²) in [6.45, 7) is 9.12. The molecule has 0 radical (unpaired) electrons. The van der Waals surface area contributed by atoms with Crippen LogP contribution in [0.5, 0.6) is 0 Å². The molecular formula is C16H22N6O. The van der Waals surface area contributed by atoms with E-state index in [1.165, 1.54) is 0 Å². The summed E-state index contributed by atoms with van der Waals surface area (Å²) in [5.41, 5.74) is 1.80. The summed E-state index contributed by atoms with van der Waals surface area (Å²) in [6.07, 6.45) is 3.46. The Kier molecular flexibility index (Phi) is 4.66. The highest BCUT2D eigenvalue weighted by molar-refractivity contribution is 5.42. The van der Waals surface area contributed by atoms with Gasteiger partial charge < -0.3 is 4.90 Å². The fraction of sp³-hybridized carbons (Fsp3) is 0.500. The number of anilines is 1. The van der Waals surface area contributed by atoms with Crippen LogP contribution in [-0.2, 0) is 6.54 Å². The summed E-state index contributed by atoms with van der Waals surface area (Å²) in [5.74, 6) is 0.976. The minimum atomic E-state index is -0.0376. The number of hydrogen-bond donors (Lipinski definition) is 0. The topological polar surface area (TPSA) is 67.2 Å². The zero-order valence-electron chi connectivity index (χ0n) is 13.6. The molecule has 3 rings (SSSR count). The van der Waals surface area contributed by atoms with Gasteiger partial charge in [-0.15, -0.1) is 0 Å². The van der Waals surface area contributed by atoms with E-state index in [-0.39, 0.29) is 5.56 Å². The maximum Gasteiger partial charge on any atom is 0.266 e. The third kappa shape index (κ3) is 3.73. The summed E-state index contributed by atoms with van der Waals surface area (Å²) in [7, 11) is 0. The molecule has 7 nitrogen and oxygen atoms in total. The van der Waals surface area contributed by atoms with Gasteiger partial charge in [-0.2, -0.15) is 5.10 Å². The van der Waals surface area contributed by atoms with Crippen LogP contribution in [0.3, 0.4) is 0 Å². The lowest BCUT2D eigenvalue weighted by molar-refractivity contribution is 0.242. The van der Waals surface area contributed by atoms with Crippen LogP contribution in [0.25, 0.3) is 0 Å². The van der Waals surface area contributed by atoms with E-state index in [1.54, 1.807) is 29.2 Å². The molecule has 1 fully saturated rings. The number of rotatable bonds is 4. The third-order valence-electron chi connectivity index (χ3n) is 4.16. The van der Waals surface area contributed by atoms with Crippen LogP contribution in [0, 0.1) is 13.8 Å². The van der Waals surface area contributed by atoms with Crippen LogP contribution in [0.4, 0.5) is 5.82 Å². The molecular weight excluding hydrogens is 292 g/mol. The van der Waals surface area contributed by atoms with E-state index in [9.17, 15) is 4.79 Å². The average molecular weight is 314 g/mol. The summed E-state index contributed by atoms with van der Waals surface area (Å²) in [5, 5.41) is 4.28. The predicted molar refractivity (Wildman–Crippen MR) is 88.7 cm³/mol. The minimum Gasteiger partial charge on any atom is -0.353 e. The lowest BCUT2D eigenvalue weighted by Crippen LogP contribution is -2.48. The fourth-order valence-electron chi connectivity index (χ4n) is 2.84. The van der Waals surface area contributed by atoms with Crippen molar-refractivity contribution in [2.45, 2.75) is 20.4 Å². The van der Waals surface area contributed by atoms with Crippen molar-refractivity contribution in [1.29, 1.82) is 0 Å². The predicted octanol–water partition coefficient (Wildman–Crippen LogP) is 0.472. The van der Waals surface area contributed by atoms with Gasteiger partial charge in [0.2, 0.25) is 0 Å². The van der Waals surface area contributed by atoms with Gasteiger partial charge in [0.05, 0.1) is 17.9 Å². The maximum atomic E-state index is 11.8. The van der Waals surface area contributed by atoms with Crippen molar-refractivity contribution in [2.24, 2.45) is 0 Å². The molecule has 0 aliphatic carbocycles. The largest absolute Gasteiger partial charge is 0.353 e. The molecule has 0 bridgehead atoms. The van der Waals surface area contributed by atoms with Crippen LogP contribution < -0.4 is 10.5 Å². The van der Waals surface area contributed by atoms with Crippen molar-refractivity contribution >= 4 is 5.82 Å². The molecule has 0 spiro atoms. The molecule has 1 aliphatic heterocycles. The van der Waals surface area contributed by atoms with Gasteiger partial charge in [0.25, 0.3) is 5.56 Å². The first kappa shape index (κ1) is 15.6. The minimum absolute atomic E-state index is 0.0376. The molecule has 3 heterocycles. The van der Waals surface area contributed by atoms with E-state index >= 15 is 0 Å². The molecule has 0 atom stereocenters. The first-order chi connectivity index (χ1) is 11.1. The van der Waals surface area contributed by atoms with Crippen molar-refractivity contribution < 1.29 is 0 Å². The monoisotopic (exact) mass is 314 g/mol. The normalized spacial score (nSPS) is 15.8. The van der Waals surface area contributed by atoms with Gasteiger partial charge in [-0.05, 0) is 19.9 Å². The van der Waals surface area contributed by atoms with Crippen molar-refractivity contribution in [3.63, 3.8) is 0 Å². The highest BCUT2D eigenvalue weighted by atomic mass is 16.1. The maximum absolute atomic E-state index is 11.8. The molecule has 2 aromatic heterocycles. The lowest BCUT2D eigenvalue weighted by Gasteiger charge is -2.35. The second-order valence-corrected chi connectivity index (χ2v) is 5.83. The van der Waals surface area contributed by atoms with E-state index in [1.807, 2.05) is 13.8 Å². The molecule has 122 valence electrons. The standard InChI is InChI=1S/C16H22N6O/c1-13-3-4-15(23)22(19-13)12-9-20-7-10-21(11-8-20)16-14(2)17-5-6-18-16/h3-6H,7-12H2,1-2H3.